The molecular weight excluding hydrogens is 402 g/mol. The molecule has 2 heterocycles. The van der Waals surface area contributed by atoms with E-state index in [1.54, 1.807) is 0 Å². The molecule has 0 saturated heterocycles. The number of aromatic nitrogens is 4. The van der Waals surface area contributed by atoms with E-state index in [1.165, 1.54) is 5.56 Å². The van der Waals surface area contributed by atoms with Gasteiger partial charge in [0.2, 0.25) is 17.7 Å². The van der Waals surface area contributed by atoms with Crippen LogP contribution in [0.2, 0.25) is 0 Å². The summed E-state index contributed by atoms with van der Waals surface area (Å²) in [6.45, 7) is 4.12. The quantitative estimate of drug-likeness (QED) is 0.457. The summed E-state index contributed by atoms with van der Waals surface area (Å²) in [5.74, 6) is 1.49. The van der Waals surface area contributed by atoms with Gasteiger partial charge in [0.25, 0.3) is 0 Å². The Morgan fingerprint density at radius 3 is 2.25 bits per heavy atom. The molecule has 4 rings (SSSR count). The minimum atomic E-state index is -0.107. The second-order valence-electron chi connectivity index (χ2n) is 7.67. The highest BCUT2D eigenvalue weighted by atomic mass is 16.4. The van der Waals surface area contributed by atoms with Crippen LogP contribution < -0.4 is 5.32 Å². The van der Waals surface area contributed by atoms with Crippen LogP contribution in [0.5, 0.6) is 0 Å². The zero-order chi connectivity index (χ0) is 22.3. The van der Waals surface area contributed by atoms with E-state index < -0.39 is 0 Å². The van der Waals surface area contributed by atoms with E-state index >= 15 is 0 Å². The van der Waals surface area contributed by atoms with Crippen LogP contribution in [0.25, 0.3) is 11.1 Å². The van der Waals surface area contributed by atoms with Crippen LogP contribution in [0.3, 0.4) is 0 Å². The van der Waals surface area contributed by atoms with Gasteiger partial charge in [-0.1, -0.05) is 54.6 Å². The molecule has 1 amide bonds. The number of benzene rings is 2. The maximum Gasteiger partial charge on any atom is 0.220 e. The van der Waals surface area contributed by atoms with Gasteiger partial charge in [-0.05, 0) is 36.6 Å². The Hall–Kier alpha value is -3.87. The second kappa shape index (κ2) is 9.96. The number of amides is 1. The Kier molecular flexibility index (Phi) is 6.65. The van der Waals surface area contributed by atoms with E-state index in [2.05, 4.69) is 61.9 Å². The van der Waals surface area contributed by atoms with Gasteiger partial charge in [0.15, 0.2) is 0 Å². The predicted octanol–water partition coefficient (Wildman–Crippen LogP) is 3.98. The fourth-order valence-electron chi connectivity index (χ4n) is 3.45. The van der Waals surface area contributed by atoms with Crippen LogP contribution >= 0.6 is 0 Å². The maximum atomic E-state index is 12.1. The zero-order valence-corrected chi connectivity index (χ0v) is 18.2. The van der Waals surface area contributed by atoms with Gasteiger partial charge in [-0.15, -0.1) is 10.2 Å². The lowest BCUT2D eigenvalue weighted by Crippen LogP contribution is -2.24. The summed E-state index contributed by atoms with van der Waals surface area (Å²) in [4.78, 5) is 20.8. The van der Waals surface area contributed by atoms with E-state index in [9.17, 15) is 4.79 Å². The molecule has 1 N–H and O–H groups in total. The summed E-state index contributed by atoms with van der Waals surface area (Å²) in [6.07, 6.45) is 1.20. The SMILES string of the molecule is Cc1cc(C)nc(CNC(=O)CCc2nnc(Cc3ccc(-c4ccccc4)cc3)o2)n1. The Labute approximate surface area is 187 Å². The number of rotatable bonds is 8. The Bertz CT molecular complexity index is 1170. The average molecular weight is 428 g/mol. The molecule has 0 aliphatic heterocycles. The molecule has 162 valence electrons. The Morgan fingerprint density at radius 1 is 0.875 bits per heavy atom. The Morgan fingerprint density at radius 2 is 1.53 bits per heavy atom. The number of carbonyl (C=O) groups is 1. The summed E-state index contributed by atoms with van der Waals surface area (Å²) in [5, 5.41) is 11.0. The first kappa shape index (κ1) is 21.4. The van der Waals surface area contributed by atoms with Gasteiger partial charge in [-0.2, -0.15) is 0 Å². The highest BCUT2D eigenvalue weighted by Gasteiger charge is 2.10. The summed E-state index contributed by atoms with van der Waals surface area (Å²) < 4.78 is 5.72. The third-order valence-electron chi connectivity index (χ3n) is 4.96. The third-order valence-corrected chi connectivity index (χ3v) is 4.96. The smallest absolute Gasteiger partial charge is 0.220 e. The minimum absolute atomic E-state index is 0.107. The first-order chi connectivity index (χ1) is 15.5. The van der Waals surface area contributed by atoms with Crippen molar-refractivity contribution in [2.75, 3.05) is 0 Å². The molecule has 0 radical (unpaired) electrons. The number of carbonyl (C=O) groups excluding carboxylic acids is 1. The van der Waals surface area contributed by atoms with Crippen molar-refractivity contribution >= 4 is 5.91 Å². The number of hydrogen-bond acceptors (Lipinski definition) is 6. The first-order valence-corrected chi connectivity index (χ1v) is 10.6. The lowest BCUT2D eigenvalue weighted by molar-refractivity contribution is -0.121. The lowest BCUT2D eigenvalue weighted by Gasteiger charge is -2.05. The second-order valence-corrected chi connectivity index (χ2v) is 7.67. The van der Waals surface area contributed by atoms with E-state index in [1.807, 2.05) is 38.1 Å². The number of nitrogens with zero attached hydrogens (tertiary/aromatic N) is 4. The molecular formula is C25H25N5O2. The van der Waals surface area contributed by atoms with Crippen molar-refractivity contribution < 1.29 is 9.21 Å². The van der Waals surface area contributed by atoms with E-state index in [0.29, 0.717) is 37.0 Å². The normalized spacial score (nSPS) is 10.8. The van der Waals surface area contributed by atoms with Crippen LogP contribution in [0, 0.1) is 13.8 Å². The third kappa shape index (κ3) is 5.85. The largest absolute Gasteiger partial charge is 0.425 e. The van der Waals surface area contributed by atoms with Crippen LogP contribution in [0.4, 0.5) is 0 Å². The predicted molar refractivity (Wildman–Crippen MR) is 121 cm³/mol. The molecule has 0 aliphatic carbocycles. The Balaban J connectivity index is 1.26. The summed E-state index contributed by atoms with van der Waals surface area (Å²) >= 11 is 0. The zero-order valence-electron chi connectivity index (χ0n) is 18.2. The average Bonchev–Trinajstić information content (AvgIpc) is 3.24. The number of nitrogens with one attached hydrogen (secondary N) is 1. The van der Waals surface area contributed by atoms with Crippen LogP contribution in [-0.4, -0.2) is 26.1 Å². The van der Waals surface area contributed by atoms with E-state index in [-0.39, 0.29) is 12.3 Å². The van der Waals surface area contributed by atoms with Crippen molar-refractivity contribution in [2.45, 2.75) is 39.7 Å². The highest BCUT2D eigenvalue weighted by molar-refractivity contribution is 5.75. The molecule has 0 bridgehead atoms. The van der Waals surface area contributed by atoms with Gasteiger partial charge in [0.05, 0.1) is 13.0 Å². The summed E-state index contributed by atoms with van der Waals surface area (Å²) in [6, 6.07) is 20.4. The van der Waals surface area contributed by atoms with Gasteiger partial charge in [0.1, 0.15) is 5.82 Å². The van der Waals surface area contributed by atoms with Crippen molar-refractivity contribution in [2.24, 2.45) is 0 Å². The van der Waals surface area contributed by atoms with Crippen LogP contribution in [0.15, 0.2) is 65.1 Å². The van der Waals surface area contributed by atoms with Crippen molar-refractivity contribution in [3.05, 3.63) is 95.2 Å². The highest BCUT2D eigenvalue weighted by Crippen LogP contribution is 2.20. The van der Waals surface area contributed by atoms with Crippen LogP contribution in [-0.2, 0) is 24.2 Å². The molecule has 4 aromatic rings. The topological polar surface area (TPSA) is 93.8 Å². The standard InChI is InChI=1S/C25H25N5O2/c1-17-14-18(2)28-22(27-17)16-26-23(31)12-13-24-29-30-25(32-24)15-19-8-10-21(11-9-19)20-6-4-3-5-7-20/h3-11,14H,12-13,15-16H2,1-2H3,(H,26,31). The monoisotopic (exact) mass is 427 g/mol. The molecule has 0 spiro atoms. The van der Waals surface area contributed by atoms with Gasteiger partial charge >= 0.3 is 0 Å². The summed E-state index contributed by atoms with van der Waals surface area (Å²) in [5.41, 5.74) is 5.20. The van der Waals surface area contributed by atoms with Crippen molar-refractivity contribution in [1.82, 2.24) is 25.5 Å². The molecule has 7 nitrogen and oxygen atoms in total. The fourth-order valence-corrected chi connectivity index (χ4v) is 3.45. The molecule has 0 fully saturated rings. The molecule has 2 aromatic carbocycles. The van der Waals surface area contributed by atoms with Crippen molar-refractivity contribution in [3.63, 3.8) is 0 Å². The molecule has 0 aliphatic rings. The van der Waals surface area contributed by atoms with Gasteiger partial charge < -0.3 is 9.73 Å². The van der Waals surface area contributed by atoms with Crippen molar-refractivity contribution in [3.8, 4) is 11.1 Å². The lowest BCUT2D eigenvalue weighted by atomic mass is 10.0. The number of aryl methyl sites for hydroxylation is 3. The van der Waals surface area contributed by atoms with E-state index in [0.717, 1.165) is 22.5 Å². The fraction of sp³-hybridized carbons (Fsp3) is 0.240. The molecule has 7 heteroatoms. The number of hydrogen-bond donors (Lipinski definition) is 1. The van der Waals surface area contributed by atoms with Crippen LogP contribution in [0.1, 0.15) is 41.0 Å². The molecule has 32 heavy (non-hydrogen) atoms. The summed E-state index contributed by atoms with van der Waals surface area (Å²) in [7, 11) is 0. The molecule has 2 aromatic heterocycles. The molecule has 0 saturated carbocycles. The van der Waals surface area contributed by atoms with E-state index in [4.69, 9.17) is 4.42 Å². The van der Waals surface area contributed by atoms with Gasteiger partial charge in [-0.3, -0.25) is 4.79 Å². The minimum Gasteiger partial charge on any atom is -0.425 e. The van der Waals surface area contributed by atoms with Gasteiger partial charge in [-0.25, -0.2) is 9.97 Å². The molecule has 0 atom stereocenters. The molecule has 0 unspecified atom stereocenters. The maximum absolute atomic E-state index is 12.1. The first-order valence-electron chi connectivity index (χ1n) is 10.6. The van der Waals surface area contributed by atoms with Crippen molar-refractivity contribution in [1.29, 1.82) is 0 Å². The van der Waals surface area contributed by atoms with Gasteiger partial charge in [0, 0.05) is 24.2 Å².